The summed E-state index contributed by atoms with van der Waals surface area (Å²) in [5.74, 6) is 0.293. The first-order chi connectivity index (χ1) is 12.6. The number of rotatable bonds is 8. The van der Waals surface area contributed by atoms with E-state index in [9.17, 15) is 9.18 Å². The summed E-state index contributed by atoms with van der Waals surface area (Å²) in [7, 11) is 0. The minimum Gasteiger partial charge on any atom is -0.310 e. The predicted molar refractivity (Wildman–Crippen MR) is 102 cm³/mol. The van der Waals surface area contributed by atoms with Crippen molar-refractivity contribution in [1.29, 1.82) is 0 Å². The summed E-state index contributed by atoms with van der Waals surface area (Å²) >= 11 is 1.65. The van der Waals surface area contributed by atoms with E-state index in [1.165, 1.54) is 17.0 Å². The molecule has 0 aliphatic rings. The van der Waals surface area contributed by atoms with Gasteiger partial charge in [-0.25, -0.2) is 9.07 Å². The normalized spacial score (nSPS) is 11.0. The van der Waals surface area contributed by atoms with Crippen molar-refractivity contribution in [3.8, 4) is 0 Å². The minimum absolute atomic E-state index is 0.115. The molecule has 2 heterocycles. The summed E-state index contributed by atoms with van der Waals surface area (Å²) in [6, 6.07) is 12.3. The number of thiophene rings is 1. The van der Waals surface area contributed by atoms with E-state index < -0.39 is 0 Å². The van der Waals surface area contributed by atoms with E-state index in [-0.39, 0.29) is 18.3 Å². The van der Waals surface area contributed by atoms with Crippen LogP contribution in [0.2, 0.25) is 0 Å². The summed E-state index contributed by atoms with van der Waals surface area (Å²) in [5, 5.41) is 9.21. The lowest BCUT2D eigenvalue weighted by molar-refractivity contribution is -0.117. The number of halogens is 1. The Hall–Kier alpha value is -2.51. The molecule has 3 aromatic rings. The number of aromatic nitrogens is 2. The fraction of sp³-hybridized carbons (Fsp3) is 0.263. The number of carbonyl (C=O) groups is 1. The highest BCUT2D eigenvalue weighted by molar-refractivity contribution is 7.09. The second-order valence-electron chi connectivity index (χ2n) is 5.93. The number of hydrogen-bond donors (Lipinski definition) is 1. The third-order valence-electron chi connectivity index (χ3n) is 3.98. The lowest BCUT2D eigenvalue weighted by Crippen LogP contribution is -2.33. The largest absolute Gasteiger partial charge is 0.310 e. The van der Waals surface area contributed by atoms with Gasteiger partial charge in [0.1, 0.15) is 11.6 Å². The molecule has 0 saturated heterocycles. The van der Waals surface area contributed by atoms with Crippen LogP contribution in [-0.4, -0.2) is 33.7 Å². The number of anilines is 1. The van der Waals surface area contributed by atoms with Gasteiger partial charge in [0.15, 0.2) is 0 Å². The Labute approximate surface area is 156 Å². The lowest BCUT2D eigenvalue weighted by Gasteiger charge is -2.20. The van der Waals surface area contributed by atoms with Crippen LogP contribution < -0.4 is 5.32 Å². The molecule has 7 heteroatoms. The predicted octanol–water partition coefficient (Wildman–Crippen LogP) is 3.59. The van der Waals surface area contributed by atoms with Crippen LogP contribution in [0.5, 0.6) is 0 Å². The molecule has 5 nitrogen and oxygen atoms in total. The Morgan fingerprint density at radius 1 is 1.31 bits per heavy atom. The number of nitrogens with one attached hydrogen (secondary N) is 1. The van der Waals surface area contributed by atoms with Gasteiger partial charge in [0.05, 0.1) is 19.3 Å². The molecule has 136 valence electrons. The lowest BCUT2D eigenvalue weighted by atomic mass is 10.2. The quantitative estimate of drug-likeness (QED) is 0.657. The van der Waals surface area contributed by atoms with E-state index in [1.54, 1.807) is 34.3 Å². The molecule has 0 aliphatic heterocycles. The fourth-order valence-corrected chi connectivity index (χ4v) is 3.36. The molecule has 3 rings (SSSR count). The fourth-order valence-electron chi connectivity index (χ4n) is 2.67. The molecular weight excluding hydrogens is 351 g/mol. The van der Waals surface area contributed by atoms with Gasteiger partial charge in [0.25, 0.3) is 0 Å². The average Bonchev–Trinajstić information content (AvgIpc) is 3.27. The van der Waals surface area contributed by atoms with Crippen molar-refractivity contribution < 1.29 is 9.18 Å². The second-order valence-corrected chi connectivity index (χ2v) is 6.97. The molecule has 2 aromatic heterocycles. The topological polar surface area (TPSA) is 50.2 Å². The van der Waals surface area contributed by atoms with Gasteiger partial charge in [-0.15, -0.1) is 11.3 Å². The molecule has 1 N–H and O–H groups in total. The Kier molecular flexibility index (Phi) is 6.14. The van der Waals surface area contributed by atoms with Crippen molar-refractivity contribution in [3.63, 3.8) is 0 Å². The van der Waals surface area contributed by atoms with Crippen LogP contribution >= 0.6 is 11.3 Å². The summed E-state index contributed by atoms with van der Waals surface area (Å²) in [6.45, 7) is 4.06. The maximum Gasteiger partial charge on any atom is 0.239 e. The van der Waals surface area contributed by atoms with Crippen LogP contribution in [0, 0.1) is 5.82 Å². The van der Waals surface area contributed by atoms with Crippen molar-refractivity contribution in [1.82, 2.24) is 14.7 Å². The number of carbonyl (C=O) groups excluding carboxylic acids is 1. The van der Waals surface area contributed by atoms with Gasteiger partial charge < -0.3 is 5.32 Å². The SMILES string of the molecule is CCN(CC(=O)Nc1ccnn1Cc1cccs1)Cc1cccc(F)c1. The third kappa shape index (κ3) is 5.00. The molecule has 0 bridgehead atoms. The number of likely N-dealkylation sites (N-methyl/N-ethyl adjacent to an activating group) is 1. The summed E-state index contributed by atoms with van der Waals surface area (Å²) in [5.41, 5.74) is 0.849. The van der Waals surface area contributed by atoms with Gasteiger partial charge in [0.2, 0.25) is 5.91 Å². The summed E-state index contributed by atoms with van der Waals surface area (Å²) in [4.78, 5) is 15.6. The third-order valence-corrected chi connectivity index (χ3v) is 4.84. The first-order valence-electron chi connectivity index (χ1n) is 8.45. The molecule has 0 atom stereocenters. The van der Waals surface area contributed by atoms with E-state index >= 15 is 0 Å². The van der Waals surface area contributed by atoms with Gasteiger partial charge in [0, 0.05) is 17.5 Å². The highest BCUT2D eigenvalue weighted by atomic mass is 32.1. The molecular formula is C19H21FN4OS. The van der Waals surface area contributed by atoms with E-state index in [0.717, 1.165) is 5.56 Å². The number of benzene rings is 1. The number of nitrogens with zero attached hydrogens (tertiary/aromatic N) is 3. The van der Waals surface area contributed by atoms with Gasteiger partial charge in [-0.05, 0) is 35.7 Å². The first-order valence-corrected chi connectivity index (χ1v) is 9.33. The maximum absolute atomic E-state index is 13.3. The zero-order valence-electron chi connectivity index (χ0n) is 14.6. The molecule has 0 radical (unpaired) electrons. The van der Waals surface area contributed by atoms with E-state index in [4.69, 9.17) is 0 Å². The van der Waals surface area contributed by atoms with Crippen molar-refractivity contribution in [2.24, 2.45) is 0 Å². The Morgan fingerprint density at radius 3 is 2.92 bits per heavy atom. The molecule has 0 saturated carbocycles. The van der Waals surface area contributed by atoms with Crippen LogP contribution in [0.1, 0.15) is 17.4 Å². The smallest absolute Gasteiger partial charge is 0.239 e. The maximum atomic E-state index is 13.3. The van der Waals surface area contributed by atoms with Gasteiger partial charge in [-0.3, -0.25) is 9.69 Å². The zero-order valence-corrected chi connectivity index (χ0v) is 15.4. The molecule has 0 fully saturated rings. The highest BCUT2D eigenvalue weighted by Crippen LogP contribution is 2.14. The molecule has 1 aromatic carbocycles. The molecule has 0 aliphatic carbocycles. The molecule has 0 unspecified atom stereocenters. The van der Waals surface area contributed by atoms with Crippen LogP contribution in [0.25, 0.3) is 0 Å². The van der Waals surface area contributed by atoms with Crippen LogP contribution in [0.15, 0.2) is 54.0 Å². The van der Waals surface area contributed by atoms with E-state index in [1.807, 2.05) is 35.4 Å². The number of amides is 1. The van der Waals surface area contributed by atoms with Crippen molar-refractivity contribution in [2.75, 3.05) is 18.4 Å². The van der Waals surface area contributed by atoms with Crippen LogP contribution in [0.4, 0.5) is 10.2 Å². The molecule has 0 spiro atoms. The Morgan fingerprint density at radius 2 is 2.19 bits per heavy atom. The van der Waals surface area contributed by atoms with Crippen molar-refractivity contribution in [3.05, 3.63) is 70.3 Å². The van der Waals surface area contributed by atoms with Gasteiger partial charge in [-0.2, -0.15) is 5.10 Å². The van der Waals surface area contributed by atoms with Crippen LogP contribution in [-0.2, 0) is 17.9 Å². The van der Waals surface area contributed by atoms with E-state index in [2.05, 4.69) is 10.4 Å². The van der Waals surface area contributed by atoms with Crippen molar-refractivity contribution >= 4 is 23.1 Å². The number of hydrogen-bond acceptors (Lipinski definition) is 4. The zero-order chi connectivity index (χ0) is 18.4. The average molecular weight is 372 g/mol. The monoisotopic (exact) mass is 372 g/mol. The summed E-state index contributed by atoms with van der Waals surface area (Å²) in [6.07, 6.45) is 1.67. The Balaban J connectivity index is 1.58. The van der Waals surface area contributed by atoms with Gasteiger partial charge in [-0.1, -0.05) is 25.1 Å². The van der Waals surface area contributed by atoms with E-state index in [0.29, 0.717) is 25.5 Å². The summed E-state index contributed by atoms with van der Waals surface area (Å²) < 4.78 is 15.1. The standard InChI is InChI=1S/C19H21FN4OS/c1-2-23(12-15-5-3-6-16(20)11-15)14-19(25)22-18-8-9-21-24(18)13-17-7-4-10-26-17/h3-11H,2,12-14H2,1H3,(H,22,25). The van der Waals surface area contributed by atoms with Crippen molar-refractivity contribution in [2.45, 2.75) is 20.0 Å². The molecule has 1 amide bonds. The molecule has 26 heavy (non-hydrogen) atoms. The first kappa shape index (κ1) is 18.3. The van der Waals surface area contributed by atoms with Crippen LogP contribution in [0.3, 0.4) is 0 Å². The van der Waals surface area contributed by atoms with Gasteiger partial charge >= 0.3 is 0 Å². The highest BCUT2D eigenvalue weighted by Gasteiger charge is 2.13. The second kappa shape index (κ2) is 8.73. The minimum atomic E-state index is -0.263. The Bertz CT molecular complexity index is 847.